The molecule has 6 nitrogen and oxygen atoms in total. The van der Waals surface area contributed by atoms with Crippen molar-refractivity contribution in [3.05, 3.63) is 82.4 Å². The molecule has 2 aromatic carbocycles. The molecule has 4 rings (SSSR count). The molecule has 0 radical (unpaired) electrons. The summed E-state index contributed by atoms with van der Waals surface area (Å²) in [4.78, 5) is 27.5. The van der Waals surface area contributed by atoms with Crippen LogP contribution in [0.4, 0.5) is 10.1 Å². The fourth-order valence-corrected chi connectivity index (χ4v) is 3.75. The Hall–Kier alpha value is -3.48. The normalized spacial score (nSPS) is 13.7. The summed E-state index contributed by atoms with van der Waals surface area (Å²) in [5.74, 6) is -0.841. The van der Waals surface area contributed by atoms with Crippen LogP contribution in [0.1, 0.15) is 44.1 Å². The third kappa shape index (κ3) is 4.25. The highest BCUT2D eigenvalue weighted by molar-refractivity contribution is 6.04. The number of anilines is 1. The van der Waals surface area contributed by atoms with E-state index in [9.17, 15) is 14.0 Å². The quantitative estimate of drug-likeness (QED) is 0.714. The molecule has 0 aliphatic carbocycles. The van der Waals surface area contributed by atoms with Gasteiger partial charge in [0.2, 0.25) is 0 Å². The van der Waals surface area contributed by atoms with Crippen LogP contribution in [-0.2, 0) is 13.1 Å². The topological polar surface area (TPSA) is 67.2 Å². The molecule has 0 unspecified atom stereocenters. The Morgan fingerprint density at radius 1 is 1.07 bits per heavy atom. The fraction of sp³-hybridized carbons (Fsp3) is 0.261. The molecule has 0 saturated heterocycles. The van der Waals surface area contributed by atoms with Crippen molar-refractivity contribution >= 4 is 17.5 Å². The largest absolute Gasteiger partial charge is 0.333 e. The lowest BCUT2D eigenvalue weighted by molar-refractivity contribution is 0.0745. The van der Waals surface area contributed by atoms with Crippen molar-refractivity contribution in [1.29, 1.82) is 0 Å². The zero-order valence-electron chi connectivity index (χ0n) is 17.0. The van der Waals surface area contributed by atoms with E-state index in [-0.39, 0.29) is 23.3 Å². The number of halogens is 1. The molecule has 1 aliphatic rings. The molecule has 30 heavy (non-hydrogen) atoms. The highest BCUT2D eigenvalue weighted by Crippen LogP contribution is 2.19. The number of rotatable bonds is 4. The number of aromatic nitrogens is 2. The van der Waals surface area contributed by atoms with Crippen molar-refractivity contribution in [3.63, 3.8) is 0 Å². The Morgan fingerprint density at radius 2 is 1.77 bits per heavy atom. The Morgan fingerprint density at radius 3 is 2.47 bits per heavy atom. The molecule has 0 saturated carbocycles. The van der Waals surface area contributed by atoms with Gasteiger partial charge in [0, 0.05) is 31.4 Å². The third-order valence-electron chi connectivity index (χ3n) is 5.08. The van der Waals surface area contributed by atoms with Gasteiger partial charge in [-0.1, -0.05) is 18.2 Å². The number of hydrogen-bond acceptors (Lipinski definition) is 3. The number of benzene rings is 2. The number of amides is 2. The van der Waals surface area contributed by atoms with Gasteiger partial charge in [-0.2, -0.15) is 5.10 Å². The van der Waals surface area contributed by atoms with E-state index in [0.717, 1.165) is 23.1 Å². The Labute approximate surface area is 174 Å². The van der Waals surface area contributed by atoms with Crippen molar-refractivity contribution in [2.75, 3.05) is 11.9 Å². The van der Waals surface area contributed by atoms with Crippen molar-refractivity contribution in [3.8, 4) is 0 Å². The smallest absolute Gasteiger partial charge is 0.276 e. The van der Waals surface area contributed by atoms with Gasteiger partial charge in [-0.3, -0.25) is 14.3 Å². The molecule has 1 aliphatic heterocycles. The number of nitrogens with one attached hydrogen (secondary N) is 1. The molecule has 154 valence electrons. The summed E-state index contributed by atoms with van der Waals surface area (Å²) in [5.41, 5.74) is 4.26. The number of nitrogens with zero attached hydrogens (tertiary/aromatic N) is 3. The van der Waals surface area contributed by atoms with E-state index in [4.69, 9.17) is 0 Å². The predicted octanol–water partition coefficient (Wildman–Crippen LogP) is 3.94. The maximum atomic E-state index is 13.2. The summed E-state index contributed by atoms with van der Waals surface area (Å²) < 4.78 is 14.8. The van der Waals surface area contributed by atoms with Gasteiger partial charge in [0.15, 0.2) is 5.69 Å². The second kappa shape index (κ2) is 8.10. The molecule has 2 heterocycles. The van der Waals surface area contributed by atoms with E-state index < -0.39 is 0 Å². The maximum absolute atomic E-state index is 13.2. The first-order chi connectivity index (χ1) is 14.4. The van der Waals surface area contributed by atoms with Crippen LogP contribution in [0.15, 0.2) is 48.5 Å². The first kappa shape index (κ1) is 19.8. The van der Waals surface area contributed by atoms with Crippen LogP contribution in [0.5, 0.6) is 0 Å². The Bertz CT molecular complexity index is 1080. The summed E-state index contributed by atoms with van der Waals surface area (Å²) in [5, 5.41) is 7.22. The number of carbonyl (C=O) groups is 2. The van der Waals surface area contributed by atoms with Crippen molar-refractivity contribution in [1.82, 2.24) is 14.7 Å². The zero-order chi connectivity index (χ0) is 21.3. The second-order valence-electron chi connectivity index (χ2n) is 7.68. The van der Waals surface area contributed by atoms with Crippen molar-refractivity contribution in [2.45, 2.75) is 33.4 Å². The summed E-state index contributed by atoms with van der Waals surface area (Å²) in [7, 11) is 0. The van der Waals surface area contributed by atoms with Crippen LogP contribution in [0, 0.1) is 19.7 Å². The number of aryl methyl sites for hydroxylation is 3. The minimum Gasteiger partial charge on any atom is -0.333 e. The van der Waals surface area contributed by atoms with Gasteiger partial charge in [-0.15, -0.1) is 0 Å². The lowest BCUT2D eigenvalue weighted by atomic mass is 10.1. The average Bonchev–Trinajstić information content (AvgIpc) is 3.06. The highest BCUT2D eigenvalue weighted by Gasteiger charge is 2.26. The molecule has 0 spiro atoms. The summed E-state index contributed by atoms with van der Waals surface area (Å²) in [6, 6.07) is 13.5. The fourth-order valence-electron chi connectivity index (χ4n) is 3.75. The van der Waals surface area contributed by atoms with E-state index in [2.05, 4.69) is 10.4 Å². The number of fused-ring (bicyclic) bond motifs is 1. The van der Waals surface area contributed by atoms with Crippen LogP contribution in [0.25, 0.3) is 0 Å². The van der Waals surface area contributed by atoms with Crippen LogP contribution < -0.4 is 5.32 Å². The van der Waals surface area contributed by atoms with E-state index in [0.29, 0.717) is 31.0 Å². The Balaban J connectivity index is 1.53. The van der Waals surface area contributed by atoms with Crippen LogP contribution >= 0.6 is 0 Å². The monoisotopic (exact) mass is 406 g/mol. The zero-order valence-corrected chi connectivity index (χ0v) is 17.0. The van der Waals surface area contributed by atoms with Crippen molar-refractivity contribution < 1.29 is 14.0 Å². The van der Waals surface area contributed by atoms with E-state index in [1.165, 1.54) is 12.1 Å². The molecule has 2 amide bonds. The van der Waals surface area contributed by atoms with Gasteiger partial charge < -0.3 is 10.2 Å². The van der Waals surface area contributed by atoms with Crippen LogP contribution in [0.2, 0.25) is 0 Å². The maximum Gasteiger partial charge on any atom is 0.276 e. The summed E-state index contributed by atoms with van der Waals surface area (Å²) >= 11 is 0. The van der Waals surface area contributed by atoms with E-state index in [1.54, 1.807) is 27.8 Å². The van der Waals surface area contributed by atoms with Gasteiger partial charge in [0.05, 0.1) is 0 Å². The molecule has 7 heteroatoms. The van der Waals surface area contributed by atoms with Gasteiger partial charge in [-0.25, -0.2) is 4.39 Å². The standard InChI is InChI=1S/C23H23FN4O2/c1-15-10-16(2)12-19(11-15)25-22(29)20-13-21-23(30)27(8-3-9-28(21)26-20)14-17-4-6-18(24)7-5-17/h4-7,10-13H,3,8-9,14H2,1-2H3,(H,25,29). The number of carbonyl (C=O) groups excluding carboxylic acids is 2. The van der Waals surface area contributed by atoms with E-state index in [1.807, 2.05) is 32.0 Å². The first-order valence-electron chi connectivity index (χ1n) is 9.90. The molecule has 1 aromatic heterocycles. The summed E-state index contributed by atoms with van der Waals surface area (Å²) in [6.07, 6.45) is 0.722. The van der Waals surface area contributed by atoms with Crippen LogP contribution in [-0.4, -0.2) is 33.0 Å². The van der Waals surface area contributed by atoms with Gasteiger partial charge in [0.1, 0.15) is 11.5 Å². The molecular formula is C23H23FN4O2. The molecule has 3 aromatic rings. The SMILES string of the molecule is Cc1cc(C)cc(NC(=O)c2cc3n(n2)CCCN(Cc2ccc(F)cc2)C3=O)c1. The average molecular weight is 406 g/mol. The lowest BCUT2D eigenvalue weighted by Gasteiger charge is -2.20. The second-order valence-corrected chi connectivity index (χ2v) is 7.68. The minimum atomic E-state index is -0.349. The molecule has 0 atom stereocenters. The third-order valence-corrected chi connectivity index (χ3v) is 5.08. The van der Waals surface area contributed by atoms with Gasteiger partial charge in [-0.05, 0) is 61.2 Å². The molecule has 0 fully saturated rings. The first-order valence-corrected chi connectivity index (χ1v) is 9.90. The molecule has 1 N–H and O–H groups in total. The predicted molar refractivity (Wildman–Crippen MR) is 112 cm³/mol. The number of hydrogen-bond donors (Lipinski definition) is 1. The van der Waals surface area contributed by atoms with E-state index >= 15 is 0 Å². The molecular weight excluding hydrogens is 383 g/mol. The minimum absolute atomic E-state index is 0.185. The lowest BCUT2D eigenvalue weighted by Crippen LogP contribution is -2.30. The van der Waals surface area contributed by atoms with Crippen molar-refractivity contribution in [2.24, 2.45) is 0 Å². The molecule has 0 bridgehead atoms. The van der Waals surface area contributed by atoms with Crippen LogP contribution in [0.3, 0.4) is 0 Å². The highest BCUT2D eigenvalue weighted by atomic mass is 19.1. The van der Waals surface area contributed by atoms with Gasteiger partial charge in [0.25, 0.3) is 11.8 Å². The van der Waals surface area contributed by atoms with Gasteiger partial charge >= 0.3 is 0 Å². The summed E-state index contributed by atoms with van der Waals surface area (Å²) in [6.45, 7) is 5.45. The Kier molecular flexibility index (Phi) is 5.35.